The molecular weight excluding hydrogens is 194 g/mol. The Kier molecular flexibility index (Phi) is 6.31. The van der Waals surface area contributed by atoms with Crippen LogP contribution in [0.25, 0.3) is 0 Å². The second kappa shape index (κ2) is 6.67. The number of carbonyl (C=O) groups excluding carboxylic acids is 1. The molecule has 0 amide bonds. The number of rotatable bonds is 6. The summed E-state index contributed by atoms with van der Waals surface area (Å²) in [6.45, 7) is -0.150. The molecule has 0 fully saturated rings. The molecule has 0 bridgehead atoms. The van der Waals surface area contributed by atoms with Crippen molar-refractivity contribution in [3.05, 3.63) is 0 Å². The van der Waals surface area contributed by atoms with Gasteiger partial charge in [-0.3, -0.25) is 9.69 Å². The summed E-state index contributed by atoms with van der Waals surface area (Å²) in [5.41, 5.74) is 0. The van der Waals surface area contributed by atoms with Gasteiger partial charge in [-0.15, -0.1) is 0 Å². The summed E-state index contributed by atoms with van der Waals surface area (Å²) in [5, 5.41) is 2.70. The zero-order valence-electron chi connectivity index (χ0n) is 8.59. The lowest BCUT2D eigenvalue weighted by Crippen LogP contribution is -2.45. The quantitative estimate of drug-likeness (QED) is 0.624. The van der Waals surface area contributed by atoms with Crippen LogP contribution in [0.3, 0.4) is 0 Å². The molecule has 0 saturated carbocycles. The lowest BCUT2D eigenvalue weighted by Gasteiger charge is -2.21. The largest absolute Gasteiger partial charge is 0.468 e. The predicted molar refractivity (Wildman–Crippen MR) is 48.4 cm³/mol. The van der Waals surface area contributed by atoms with Gasteiger partial charge < -0.3 is 10.1 Å². The van der Waals surface area contributed by atoms with E-state index in [-0.39, 0.29) is 13.1 Å². The van der Waals surface area contributed by atoms with Crippen LogP contribution < -0.4 is 5.32 Å². The number of alkyl halides is 2. The molecule has 0 radical (unpaired) electrons. The number of ether oxygens (including phenoxy) is 1. The molecule has 6 heteroatoms. The molecule has 0 aliphatic heterocycles. The number of methoxy groups -OCH3 is 1. The van der Waals surface area contributed by atoms with Crippen LogP contribution >= 0.6 is 0 Å². The number of hydrogen-bond acceptors (Lipinski definition) is 4. The molecule has 0 aromatic rings. The van der Waals surface area contributed by atoms with E-state index in [0.29, 0.717) is 0 Å². The molecule has 0 heterocycles. The smallest absolute Gasteiger partial charge is 0.324 e. The van der Waals surface area contributed by atoms with E-state index in [1.165, 1.54) is 19.1 Å². The van der Waals surface area contributed by atoms with E-state index in [4.69, 9.17) is 0 Å². The maximum Gasteiger partial charge on any atom is 0.324 e. The minimum absolute atomic E-state index is 0.202. The molecule has 0 aromatic carbocycles. The highest BCUT2D eigenvalue weighted by atomic mass is 19.3. The summed E-state index contributed by atoms with van der Waals surface area (Å²) >= 11 is 0. The first-order chi connectivity index (χ1) is 6.51. The normalized spacial score (nSPS) is 13.4. The van der Waals surface area contributed by atoms with Gasteiger partial charge in [0.15, 0.2) is 0 Å². The number of nitrogens with zero attached hydrogens (tertiary/aromatic N) is 1. The van der Waals surface area contributed by atoms with Gasteiger partial charge in [0, 0.05) is 6.54 Å². The Labute approximate surface area is 82.2 Å². The average Bonchev–Trinajstić information content (AvgIpc) is 2.11. The highest BCUT2D eigenvalue weighted by Gasteiger charge is 2.20. The molecule has 0 spiro atoms. The van der Waals surface area contributed by atoms with Crippen LogP contribution in [-0.2, 0) is 9.53 Å². The summed E-state index contributed by atoms with van der Waals surface area (Å²) in [7, 11) is 4.37. The van der Waals surface area contributed by atoms with E-state index in [1.54, 1.807) is 7.05 Å². The molecule has 1 N–H and O–H groups in total. The summed E-state index contributed by atoms with van der Waals surface area (Å²) in [6, 6.07) is -0.566. The second-order valence-electron chi connectivity index (χ2n) is 2.98. The second-order valence-corrected chi connectivity index (χ2v) is 2.98. The van der Waals surface area contributed by atoms with Gasteiger partial charge in [-0.2, -0.15) is 0 Å². The number of esters is 1. The van der Waals surface area contributed by atoms with Gasteiger partial charge in [-0.05, 0) is 14.1 Å². The van der Waals surface area contributed by atoms with Gasteiger partial charge >= 0.3 is 5.97 Å². The average molecular weight is 210 g/mol. The fourth-order valence-electron chi connectivity index (χ4n) is 1.05. The fraction of sp³-hybridized carbons (Fsp3) is 0.875. The Balaban J connectivity index is 3.98. The van der Waals surface area contributed by atoms with Crippen LogP contribution in [0.15, 0.2) is 0 Å². The minimum atomic E-state index is -2.39. The highest BCUT2D eigenvalue weighted by Crippen LogP contribution is 1.98. The Morgan fingerprint density at radius 2 is 2.07 bits per heavy atom. The van der Waals surface area contributed by atoms with Crippen molar-refractivity contribution < 1.29 is 18.3 Å². The Morgan fingerprint density at radius 1 is 1.50 bits per heavy atom. The Morgan fingerprint density at radius 3 is 2.43 bits per heavy atom. The number of halogens is 2. The Hall–Kier alpha value is -0.750. The zero-order chi connectivity index (χ0) is 11.1. The van der Waals surface area contributed by atoms with E-state index in [1.807, 2.05) is 0 Å². The summed E-state index contributed by atoms with van der Waals surface area (Å²) in [5.74, 6) is -0.450. The monoisotopic (exact) mass is 210 g/mol. The Bertz CT molecular complexity index is 179. The third-order valence-corrected chi connectivity index (χ3v) is 1.78. The summed E-state index contributed by atoms with van der Waals surface area (Å²) in [4.78, 5) is 12.4. The summed E-state index contributed by atoms with van der Waals surface area (Å²) in [6.07, 6.45) is -2.39. The van der Waals surface area contributed by atoms with E-state index in [9.17, 15) is 13.6 Å². The van der Waals surface area contributed by atoms with Crippen molar-refractivity contribution in [3.63, 3.8) is 0 Å². The van der Waals surface area contributed by atoms with Crippen molar-refractivity contribution in [2.45, 2.75) is 12.5 Å². The number of carbonyl (C=O) groups is 1. The fourth-order valence-corrected chi connectivity index (χ4v) is 1.05. The number of likely N-dealkylation sites (N-methyl/N-ethyl adjacent to an activating group) is 2. The standard InChI is InChI=1S/C8H16F2N2O2/c1-11-6(8(13)14-3)4-12(2)5-7(9)10/h6-7,11H,4-5H2,1-3H3. The molecule has 1 unspecified atom stereocenters. The van der Waals surface area contributed by atoms with Crippen molar-refractivity contribution in [1.29, 1.82) is 0 Å². The zero-order valence-corrected chi connectivity index (χ0v) is 8.59. The van der Waals surface area contributed by atoms with E-state index < -0.39 is 18.4 Å². The third kappa shape index (κ3) is 5.08. The predicted octanol–water partition coefficient (Wildman–Crippen LogP) is -0.0557. The van der Waals surface area contributed by atoms with Crippen LogP contribution in [0.2, 0.25) is 0 Å². The van der Waals surface area contributed by atoms with Gasteiger partial charge in [0.05, 0.1) is 13.7 Å². The van der Waals surface area contributed by atoms with Crippen molar-refractivity contribution >= 4 is 5.97 Å². The molecule has 84 valence electrons. The van der Waals surface area contributed by atoms with E-state index >= 15 is 0 Å². The van der Waals surface area contributed by atoms with Crippen LogP contribution in [-0.4, -0.2) is 57.6 Å². The molecule has 0 aliphatic rings. The van der Waals surface area contributed by atoms with E-state index in [2.05, 4.69) is 10.1 Å². The summed E-state index contributed by atoms with van der Waals surface area (Å²) < 4.78 is 28.4. The lowest BCUT2D eigenvalue weighted by molar-refractivity contribution is -0.143. The number of nitrogens with one attached hydrogen (secondary N) is 1. The van der Waals surface area contributed by atoms with Crippen molar-refractivity contribution in [2.75, 3.05) is 34.3 Å². The first-order valence-electron chi connectivity index (χ1n) is 4.23. The van der Waals surface area contributed by atoms with Gasteiger partial charge in [-0.1, -0.05) is 0 Å². The minimum Gasteiger partial charge on any atom is -0.468 e. The van der Waals surface area contributed by atoms with Crippen molar-refractivity contribution in [3.8, 4) is 0 Å². The van der Waals surface area contributed by atoms with Crippen molar-refractivity contribution in [2.24, 2.45) is 0 Å². The maximum absolute atomic E-state index is 11.9. The van der Waals surface area contributed by atoms with Gasteiger partial charge in [-0.25, -0.2) is 8.78 Å². The molecule has 0 aliphatic carbocycles. The molecule has 14 heavy (non-hydrogen) atoms. The first-order valence-corrected chi connectivity index (χ1v) is 4.23. The van der Waals surface area contributed by atoms with Crippen LogP contribution in [0.4, 0.5) is 8.78 Å². The SMILES string of the molecule is CNC(CN(C)CC(F)F)C(=O)OC. The van der Waals surface area contributed by atoms with Gasteiger partial charge in [0.2, 0.25) is 0 Å². The van der Waals surface area contributed by atoms with E-state index in [0.717, 1.165) is 0 Å². The van der Waals surface area contributed by atoms with Crippen LogP contribution in [0.5, 0.6) is 0 Å². The van der Waals surface area contributed by atoms with Crippen molar-refractivity contribution in [1.82, 2.24) is 10.2 Å². The lowest BCUT2D eigenvalue weighted by atomic mass is 10.3. The highest BCUT2D eigenvalue weighted by molar-refractivity contribution is 5.75. The van der Waals surface area contributed by atoms with Gasteiger partial charge in [0.1, 0.15) is 6.04 Å². The molecule has 0 saturated heterocycles. The molecule has 0 rings (SSSR count). The molecule has 1 atom stereocenters. The molecule has 4 nitrogen and oxygen atoms in total. The van der Waals surface area contributed by atoms with Crippen LogP contribution in [0, 0.1) is 0 Å². The molecule has 0 aromatic heterocycles. The maximum atomic E-state index is 11.9. The molecular formula is C8H16F2N2O2. The van der Waals surface area contributed by atoms with Gasteiger partial charge in [0.25, 0.3) is 6.43 Å². The topological polar surface area (TPSA) is 41.6 Å². The van der Waals surface area contributed by atoms with Crippen LogP contribution in [0.1, 0.15) is 0 Å². The number of hydrogen-bond donors (Lipinski definition) is 1. The first kappa shape index (κ1) is 13.2. The third-order valence-electron chi connectivity index (χ3n) is 1.78.